The van der Waals surface area contributed by atoms with Gasteiger partial charge in [-0.15, -0.1) is 6.42 Å². The molecular weight excluding hydrogens is 166 g/mol. The maximum absolute atomic E-state index is 11.3. The van der Waals surface area contributed by atoms with Crippen molar-refractivity contribution in [3.63, 3.8) is 0 Å². The molecule has 0 saturated carbocycles. The van der Waals surface area contributed by atoms with Crippen molar-refractivity contribution in [3.05, 3.63) is 18.0 Å². The van der Waals surface area contributed by atoms with Crippen LogP contribution >= 0.6 is 0 Å². The molecule has 0 fully saturated rings. The summed E-state index contributed by atoms with van der Waals surface area (Å²) in [6, 6.07) is -0.497. The summed E-state index contributed by atoms with van der Waals surface area (Å²) < 4.78 is 1.52. The van der Waals surface area contributed by atoms with Crippen LogP contribution in [0.2, 0.25) is 0 Å². The first kappa shape index (κ1) is 9.49. The number of nitrogens with zero attached hydrogens (tertiary/aromatic N) is 2. The van der Waals surface area contributed by atoms with E-state index in [1.165, 1.54) is 10.9 Å². The van der Waals surface area contributed by atoms with Gasteiger partial charge in [-0.25, -0.2) is 0 Å². The Morgan fingerprint density at radius 2 is 2.62 bits per heavy atom. The molecule has 0 spiro atoms. The third-order valence-corrected chi connectivity index (χ3v) is 1.58. The van der Waals surface area contributed by atoms with Gasteiger partial charge in [-0.05, 0) is 6.92 Å². The van der Waals surface area contributed by atoms with E-state index in [2.05, 4.69) is 11.0 Å². The Balaban J connectivity index is 2.81. The summed E-state index contributed by atoms with van der Waals surface area (Å²) in [5, 5.41) is 3.91. The first-order valence-corrected chi connectivity index (χ1v) is 3.91. The Morgan fingerprint density at radius 3 is 3.15 bits per heavy atom. The standard InChI is InChI=1S/C9H11N3O/c1-3-4-12-6-8(5-11-12)9(13)7(2)10/h1,5-7H,4,10H2,2H3. The molecule has 0 radical (unpaired) electrons. The van der Waals surface area contributed by atoms with Crippen molar-refractivity contribution in [3.8, 4) is 12.3 Å². The first-order valence-electron chi connectivity index (χ1n) is 3.91. The summed E-state index contributed by atoms with van der Waals surface area (Å²) in [4.78, 5) is 11.3. The van der Waals surface area contributed by atoms with Crippen LogP contribution in [0.15, 0.2) is 12.4 Å². The average molecular weight is 177 g/mol. The van der Waals surface area contributed by atoms with Crippen LogP contribution in [0, 0.1) is 12.3 Å². The zero-order chi connectivity index (χ0) is 9.84. The highest BCUT2D eigenvalue weighted by atomic mass is 16.1. The Hall–Kier alpha value is -1.60. The predicted octanol–water partition coefficient (Wildman–Crippen LogP) is 0.0462. The number of nitrogens with two attached hydrogens (primary N) is 1. The van der Waals surface area contributed by atoms with Crippen LogP contribution in [-0.2, 0) is 6.54 Å². The summed E-state index contributed by atoms with van der Waals surface area (Å²) >= 11 is 0. The van der Waals surface area contributed by atoms with Gasteiger partial charge in [0.15, 0.2) is 5.78 Å². The quantitative estimate of drug-likeness (QED) is 0.524. The molecule has 2 N–H and O–H groups in total. The molecule has 1 atom stereocenters. The number of Topliss-reactive ketones (excluding diaryl/α,β-unsaturated/α-hetero) is 1. The minimum Gasteiger partial charge on any atom is -0.321 e. The van der Waals surface area contributed by atoms with Crippen molar-refractivity contribution >= 4 is 5.78 Å². The summed E-state index contributed by atoms with van der Waals surface area (Å²) in [7, 11) is 0. The Bertz CT molecular complexity index is 346. The van der Waals surface area contributed by atoms with Crippen molar-refractivity contribution in [1.29, 1.82) is 0 Å². The van der Waals surface area contributed by atoms with Crippen molar-refractivity contribution in [2.24, 2.45) is 5.73 Å². The largest absolute Gasteiger partial charge is 0.321 e. The van der Waals surface area contributed by atoms with Crippen LogP contribution in [0.25, 0.3) is 0 Å². The SMILES string of the molecule is C#CCn1cc(C(=O)C(C)N)cn1. The number of carbonyl (C=O) groups is 1. The van der Waals surface area contributed by atoms with E-state index >= 15 is 0 Å². The molecule has 0 aliphatic rings. The molecule has 1 aromatic heterocycles. The number of carbonyl (C=O) groups excluding carboxylic acids is 1. The number of hydrogen-bond donors (Lipinski definition) is 1. The molecule has 0 aromatic carbocycles. The van der Waals surface area contributed by atoms with E-state index in [4.69, 9.17) is 12.2 Å². The van der Waals surface area contributed by atoms with Gasteiger partial charge in [-0.3, -0.25) is 9.48 Å². The minimum atomic E-state index is -0.497. The van der Waals surface area contributed by atoms with E-state index < -0.39 is 6.04 Å². The van der Waals surface area contributed by atoms with Gasteiger partial charge in [-0.2, -0.15) is 5.10 Å². The fourth-order valence-corrected chi connectivity index (χ4v) is 0.934. The molecule has 68 valence electrons. The lowest BCUT2D eigenvalue weighted by molar-refractivity contribution is 0.0968. The lowest BCUT2D eigenvalue weighted by Gasteiger charge is -1.99. The Labute approximate surface area is 76.7 Å². The number of terminal acetylenes is 1. The van der Waals surface area contributed by atoms with Gasteiger partial charge in [-0.1, -0.05) is 5.92 Å². The predicted molar refractivity (Wildman–Crippen MR) is 49.0 cm³/mol. The normalized spacial score (nSPS) is 12.1. The van der Waals surface area contributed by atoms with Crippen LogP contribution in [0.3, 0.4) is 0 Å². The van der Waals surface area contributed by atoms with E-state index in [9.17, 15) is 4.79 Å². The van der Waals surface area contributed by atoms with Gasteiger partial charge in [0.2, 0.25) is 0 Å². The van der Waals surface area contributed by atoms with Crippen LogP contribution in [0.4, 0.5) is 0 Å². The molecule has 13 heavy (non-hydrogen) atoms. The molecule has 0 aliphatic heterocycles. The maximum atomic E-state index is 11.3. The topological polar surface area (TPSA) is 60.9 Å². The van der Waals surface area contributed by atoms with Gasteiger partial charge in [0.25, 0.3) is 0 Å². The molecule has 0 bridgehead atoms. The number of aromatic nitrogens is 2. The van der Waals surface area contributed by atoms with Gasteiger partial charge in [0.1, 0.15) is 6.54 Å². The van der Waals surface area contributed by atoms with Gasteiger partial charge >= 0.3 is 0 Å². The zero-order valence-electron chi connectivity index (χ0n) is 7.40. The molecule has 0 amide bonds. The van der Waals surface area contributed by atoms with Crippen molar-refractivity contribution in [1.82, 2.24) is 9.78 Å². The molecule has 1 unspecified atom stereocenters. The third-order valence-electron chi connectivity index (χ3n) is 1.58. The van der Waals surface area contributed by atoms with Crippen molar-refractivity contribution in [2.75, 3.05) is 0 Å². The van der Waals surface area contributed by atoms with E-state index in [0.29, 0.717) is 12.1 Å². The molecule has 1 heterocycles. The number of ketones is 1. The fraction of sp³-hybridized carbons (Fsp3) is 0.333. The van der Waals surface area contributed by atoms with Gasteiger partial charge in [0.05, 0.1) is 17.8 Å². The molecule has 1 rings (SSSR count). The third kappa shape index (κ3) is 2.17. The molecule has 4 nitrogen and oxygen atoms in total. The van der Waals surface area contributed by atoms with E-state index in [1.807, 2.05) is 0 Å². The first-order chi connectivity index (χ1) is 6.15. The Morgan fingerprint density at radius 1 is 1.92 bits per heavy atom. The van der Waals surface area contributed by atoms with Crippen molar-refractivity contribution in [2.45, 2.75) is 19.5 Å². The van der Waals surface area contributed by atoms with Crippen molar-refractivity contribution < 1.29 is 4.79 Å². The summed E-state index contributed by atoms with van der Waals surface area (Å²) in [6.07, 6.45) is 8.16. The molecular formula is C9H11N3O. The molecule has 4 heteroatoms. The lowest BCUT2D eigenvalue weighted by Crippen LogP contribution is -2.26. The number of rotatable bonds is 3. The van der Waals surface area contributed by atoms with Crippen LogP contribution < -0.4 is 5.73 Å². The highest BCUT2D eigenvalue weighted by Crippen LogP contribution is 2.00. The summed E-state index contributed by atoms with van der Waals surface area (Å²) in [6.45, 7) is 2.01. The van der Waals surface area contributed by atoms with E-state index in [-0.39, 0.29) is 5.78 Å². The highest BCUT2D eigenvalue weighted by Gasteiger charge is 2.12. The van der Waals surface area contributed by atoms with Crippen LogP contribution in [-0.4, -0.2) is 21.6 Å². The summed E-state index contributed by atoms with van der Waals surface area (Å²) in [5.41, 5.74) is 5.93. The lowest BCUT2D eigenvalue weighted by atomic mass is 10.1. The van der Waals surface area contributed by atoms with E-state index in [1.54, 1.807) is 13.1 Å². The van der Waals surface area contributed by atoms with E-state index in [0.717, 1.165) is 0 Å². The second kappa shape index (κ2) is 3.87. The molecule has 0 aliphatic carbocycles. The van der Waals surface area contributed by atoms with Crippen LogP contribution in [0.1, 0.15) is 17.3 Å². The second-order valence-corrected chi connectivity index (χ2v) is 2.78. The van der Waals surface area contributed by atoms with Gasteiger partial charge < -0.3 is 5.73 Å². The Kier molecular flexibility index (Phi) is 2.83. The highest BCUT2D eigenvalue weighted by molar-refractivity contribution is 5.99. The minimum absolute atomic E-state index is 0.122. The summed E-state index contributed by atoms with van der Waals surface area (Å²) in [5.74, 6) is 2.30. The number of hydrogen-bond acceptors (Lipinski definition) is 3. The second-order valence-electron chi connectivity index (χ2n) is 2.78. The average Bonchev–Trinajstić information content (AvgIpc) is 2.52. The van der Waals surface area contributed by atoms with Gasteiger partial charge in [0, 0.05) is 6.20 Å². The fourth-order valence-electron chi connectivity index (χ4n) is 0.934. The smallest absolute Gasteiger partial charge is 0.182 e. The monoisotopic (exact) mass is 177 g/mol. The zero-order valence-corrected chi connectivity index (χ0v) is 7.40. The maximum Gasteiger partial charge on any atom is 0.182 e. The molecule has 1 aromatic rings. The van der Waals surface area contributed by atoms with Crippen LogP contribution in [0.5, 0.6) is 0 Å². The molecule has 0 saturated heterocycles.